The maximum atomic E-state index is 6.03. The molecular weight excluding hydrogens is 272 g/mol. The van der Waals surface area contributed by atoms with E-state index in [1.165, 1.54) is 11.1 Å². The average molecular weight is 296 g/mol. The Kier molecular flexibility index (Phi) is 4.61. The molecule has 4 nitrogen and oxygen atoms in total. The predicted octanol–water partition coefficient (Wildman–Crippen LogP) is 2.17. The molecule has 0 amide bonds. The van der Waals surface area contributed by atoms with Crippen LogP contribution in [0.25, 0.3) is 0 Å². The molecular formula is C18H24N4. The summed E-state index contributed by atoms with van der Waals surface area (Å²) in [5.74, 6) is 0. The molecule has 0 bridgehead atoms. The highest BCUT2D eigenvalue weighted by Crippen LogP contribution is 2.17. The number of hydrogen-bond donors (Lipinski definition) is 2. The molecule has 4 N–H and O–H groups in total. The Bertz CT molecular complexity index is 562. The molecule has 4 heteroatoms. The maximum Gasteiger partial charge on any atom is 0.0359 e. The Morgan fingerprint density at radius 2 is 1.00 bits per heavy atom. The minimum atomic E-state index is 0.891. The van der Waals surface area contributed by atoms with Crippen molar-refractivity contribution in [2.75, 3.05) is 37.6 Å². The van der Waals surface area contributed by atoms with Gasteiger partial charge in [-0.05, 0) is 23.3 Å². The van der Waals surface area contributed by atoms with Crippen molar-refractivity contribution in [3.63, 3.8) is 0 Å². The van der Waals surface area contributed by atoms with Crippen LogP contribution < -0.4 is 11.5 Å². The van der Waals surface area contributed by atoms with Crippen molar-refractivity contribution in [2.45, 2.75) is 13.1 Å². The summed E-state index contributed by atoms with van der Waals surface area (Å²) in [5, 5.41) is 0. The fourth-order valence-electron chi connectivity index (χ4n) is 2.94. The lowest BCUT2D eigenvalue weighted by Gasteiger charge is -2.35. The maximum absolute atomic E-state index is 6.03. The molecule has 0 saturated carbocycles. The van der Waals surface area contributed by atoms with E-state index in [1.54, 1.807) is 0 Å². The number of nitrogen functional groups attached to an aromatic ring is 2. The lowest BCUT2D eigenvalue weighted by Crippen LogP contribution is -2.45. The number of hydrogen-bond acceptors (Lipinski definition) is 4. The third-order valence-electron chi connectivity index (χ3n) is 4.36. The number of anilines is 2. The fourth-order valence-corrected chi connectivity index (χ4v) is 2.94. The zero-order chi connectivity index (χ0) is 15.4. The van der Waals surface area contributed by atoms with E-state index in [-0.39, 0.29) is 0 Å². The van der Waals surface area contributed by atoms with Crippen LogP contribution in [0.4, 0.5) is 11.4 Å². The van der Waals surface area contributed by atoms with E-state index in [0.29, 0.717) is 0 Å². The van der Waals surface area contributed by atoms with Crippen LogP contribution in [0, 0.1) is 0 Å². The van der Waals surface area contributed by atoms with Gasteiger partial charge in [0.15, 0.2) is 0 Å². The summed E-state index contributed by atoms with van der Waals surface area (Å²) < 4.78 is 0. The van der Waals surface area contributed by atoms with Crippen LogP contribution >= 0.6 is 0 Å². The van der Waals surface area contributed by atoms with Gasteiger partial charge < -0.3 is 11.5 Å². The predicted molar refractivity (Wildman–Crippen MR) is 92.3 cm³/mol. The SMILES string of the molecule is Nc1ccccc1CN1CCN(Cc2ccccc2N)CC1. The number of rotatable bonds is 4. The second kappa shape index (κ2) is 6.81. The van der Waals surface area contributed by atoms with Crippen molar-refractivity contribution in [3.8, 4) is 0 Å². The molecule has 1 heterocycles. The number of nitrogens with two attached hydrogens (primary N) is 2. The van der Waals surface area contributed by atoms with Crippen molar-refractivity contribution in [3.05, 3.63) is 59.7 Å². The Balaban J connectivity index is 1.52. The lowest BCUT2D eigenvalue weighted by atomic mass is 10.1. The van der Waals surface area contributed by atoms with E-state index in [4.69, 9.17) is 11.5 Å². The van der Waals surface area contributed by atoms with Gasteiger partial charge in [0.2, 0.25) is 0 Å². The second-order valence-electron chi connectivity index (χ2n) is 5.95. The number of benzene rings is 2. The summed E-state index contributed by atoms with van der Waals surface area (Å²) >= 11 is 0. The number of piperazine rings is 1. The monoisotopic (exact) mass is 296 g/mol. The molecule has 0 spiro atoms. The van der Waals surface area contributed by atoms with Crippen LogP contribution in [0.1, 0.15) is 11.1 Å². The molecule has 0 aromatic heterocycles. The zero-order valence-corrected chi connectivity index (χ0v) is 12.9. The summed E-state index contributed by atoms with van der Waals surface area (Å²) in [7, 11) is 0. The quantitative estimate of drug-likeness (QED) is 0.849. The third kappa shape index (κ3) is 3.59. The molecule has 1 aliphatic heterocycles. The molecule has 0 atom stereocenters. The van der Waals surface area contributed by atoms with Crippen LogP contribution in [0.15, 0.2) is 48.5 Å². The summed E-state index contributed by atoms with van der Waals surface area (Å²) in [5.41, 5.74) is 16.3. The van der Waals surface area contributed by atoms with Crippen LogP contribution in [0.5, 0.6) is 0 Å². The summed E-state index contributed by atoms with van der Waals surface area (Å²) in [6.07, 6.45) is 0. The van der Waals surface area contributed by atoms with Crippen LogP contribution in [-0.4, -0.2) is 36.0 Å². The lowest BCUT2D eigenvalue weighted by molar-refractivity contribution is 0.122. The van der Waals surface area contributed by atoms with Crippen molar-refractivity contribution in [2.24, 2.45) is 0 Å². The first-order valence-corrected chi connectivity index (χ1v) is 7.84. The Morgan fingerprint density at radius 3 is 1.36 bits per heavy atom. The molecule has 3 rings (SSSR count). The number of para-hydroxylation sites is 2. The smallest absolute Gasteiger partial charge is 0.0359 e. The van der Waals surface area contributed by atoms with E-state index in [2.05, 4.69) is 34.1 Å². The summed E-state index contributed by atoms with van der Waals surface area (Å²) in [6, 6.07) is 16.3. The third-order valence-corrected chi connectivity index (χ3v) is 4.36. The minimum Gasteiger partial charge on any atom is -0.398 e. The Hall–Kier alpha value is -2.04. The molecule has 1 fully saturated rings. The molecule has 2 aromatic carbocycles. The minimum absolute atomic E-state index is 0.891. The van der Waals surface area contributed by atoms with Crippen molar-refractivity contribution in [1.82, 2.24) is 9.80 Å². The van der Waals surface area contributed by atoms with Crippen LogP contribution in [0.3, 0.4) is 0 Å². The van der Waals surface area contributed by atoms with Gasteiger partial charge in [0, 0.05) is 50.6 Å². The molecule has 0 unspecified atom stereocenters. The Morgan fingerprint density at radius 1 is 0.636 bits per heavy atom. The van der Waals surface area contributed by atoms with Crippen molar-refractivity contribution >= 4 is 11.4 Å². The highest BCUT2D eigenvalue weighted by molar-refractivity contribution is 5.47. The second-order valence-corrected chi connectivity index (χ2v) is 5.95. The van der Waals surface area contributed by atoms with Gasteiger partial charge in [0.25, 0.3) is 0 Å². The van der Waals surface area contributed by atoms with E-state index in [9.17, 15) is 0 Å². The van der Waals surface area contributed by atoms with Gasteiger partial charge in [-0.25, -0.2) is 0 Å². The first-order chi connectivity index (χ1) is 10.7. The topological polar surface area (TPSA) is 58.5 Å². The largest absolute Gasteiger partial charge is 0.398 e. The summed E-state index contributed by atoms with van der Waals surface area (Å²) in [6.45, 7) is 6.16. The first kappa shape index (κ1) is 14.9. The van der Waals surface area contributed by atoms with E-state index in [1.807, 2.05) is 24.3 Å². The highest BCUT2D eigenvalue weighted by Gasteiger charge is 2.18. The van der Waals surface area contributed by atoms with Gasteiger partial charge in [-0.15, -0.1) is 0 Å². The van der Waals surface area contributed by atoms with Gasteiger partial charge in [0.05, 0.1) is 0 Å². The van der Waals surface area contributed by atoms with Gasteiger partial charge in [0.1, 0.15) is 0 Å². The standard InChI is InChI=1S/C18H24N4/c19-17-7-3-1-5-15(17)13-21-9-11-22(12-10-21)14-16-6-2-4-8-18(16)20/h1-8H,9-14,19-20H2. The molecule has 2 aromatic rings. The highest BCUT2D eigenvalue weighted by atomic mass is 15.3. The van der Waals surface area contributed by atoms with Crippen LogP contribution in [-0.2, 0) is 13.1 Å². The van der Waals surface area contributed by atoms with Crippen molar-refractivity contribution < 1.29 is 0 Å². The molecule has 22 heavy (non-hydrogen) atoms. The molecule has 0 radical (unpaired) electrons. The zero-order valence-electron chi connectivity index (χ0n) is 12.9. The average Bonchev–Trinajstić information content (AvgIpc) is 2.54. The normalized spacial score (nSPS) is 16.7. The van der Waals surface area contributed by atoms with Gasteiger partial charge in [-0.1, -0.05) is 36.4 Å². The Labute approximate surface area is 132 Å². The van der Waals surface area contributed by atoms with E-state index >= 15 is 0 Å². The molecule has 1 aliphatic rings. The number of nitrogens with zero attached hydrogens (tertiary/aromatic N) is 2. The van der Waals surface area contributed by atoms with Gasteiger partial charge in [-0.2, -0.15) is 0 Å². The van der Waals surface area contributed by atoms with Crippen molar-refractivity contribution in [1.29, 1.82) is 0 Å². The van der Waals surface area contributed by atoms with Gasteiger partial charge >= 0.3 is 0 Å². The molecule has 116 valence electrons. The van der Waals surface area contributed by atoms with E-state index < -0.39 is 0 Å². The first-order valence-electron chi connectivity index (χ1n) is 7.84. The summed E-state index contributed by atoms with van der Waals surface area (Å²) in [4.78, 5) is 4.94. The molecule has 1 saturated heterocycles. The fraction of sp³-hybridized carbons (Fsp3) is 0.333. The molecule has 0 aliphatic carbocycles. The van der Waals surface area contributed by atoms with Crippen LogP contribution in [0.2, 0.25) is 0 Å². The van der Waals surface area contributed by atoms with Gasteiger partial charge in [-0.3, -0.25) is 9.80 Å². The van der Waals surface area contributed by atoms with E-state index in [0.717, 1.165) is 50.6 Å².